The fraction of sp³-hybridized carbons (Fsp3) is 0.121. The Bertz CT molecular complexity index is 2090. The minimum atomic E-state index is -5.21. The van der Waals surface area contributed by atoms with Gasteiger partial charge in [0.15, 0.2) is 11.6 Å². The van der Waals surface area contributed by atoms with E-state index in [1.807, 2.05) is 0 Å². The van der Waals surface area contributed by atoms with E-state index >= 15 is 0 Å². The molecule has 0 aliphatic rings. The van der Waals surface area contributed by atoms with Crippen LogP contribution in [-0.2, 0) is 24.7 Å². The second-order valence-corrected chi connectivity index (χ2v) is 11.2. The SMILES string of the molecule is O=C(Nc1nnn(-c2cc(C(F)(F)F)cc(C(F)(F)F)c2)c1-c1ccccc1)Nc1nnn(-c2cc(C(F)(F)F)cc(C(F)(F)F)c2)c1-c1ccccc1. The Morgan fingerprint density at radius 2 is 0.759 bits per heavy atom. The van der Waals surface area contributed by atoms with E-state index in [0.717, 1.165) is 0 Å². The van der Waals surface area contributed by atoms with Crippen molar-refractivity contribution in [2.24, 2.45) is 0 Å². The summed E-state index contributed by atoms with van der Waals surface area (Å²) in [6.07, 6.45) is -20.8. The summed E-state index contributed by atoms with van der Waals surface area (Å²) < 4.78 is 165. The van der Waals surface area contributed by atoms with Crippen LogP contribution in [0, 0.1) is 0 Å². The van der Waals surface area contributed by atoms with Crippen molar-refractivity contribution in [2.45, 2.75) is 24.7 Å². The fourth-order valence-corrected chi connectivity index (χ4v) is 5.17. The highest BCUT2D eigenvalue weighted by Gasteiger charge is 2.39. The summed E-state index contributed by atoms with van der Waals surface area (Å²) in [5.41, 5.74) is -8.43. The molecule has 2 heterocycles. The molecular weight excluding hydrogens is 752 g/mol. The highest BCUT2D eigenvalue weighted by Crippen LogP contribution is 2.40. The van der Waals surface area contributed by atoms with Gasteiger partial charge in [0, 0.05) is 11.1 Å². The van der Waals surface area contributed by atoms with E-state index in [1.54, 1.807) is 12.1 Å². The molecule has 0 aliphatic carbocycles. The lowest BCUT2D eigenvalue weighted by Crippen LogP contribution is -2.21. The number of hydrogen-bond acceptors (Lipinski definition) is 5. The van der Waals surface area contributed by atoms with Crippen LogP contribution in [0.4, 0.5) is 69.1 Å². The van der Waals surface area contributed by atoms with Gasteiger partial charge < -0.3 is 0 Å². The first-order valence-electron chi connectivity index (χ1n) is 14.9. The summed E-state index contributed by atoms with van der Waals surface area (Å²) in [6, 6.07) is 14.7. The van der Waals surface area contributed by atoms with Crippen molar-refractivity contribution < 1.29 is 57.5 Å². The van der Waals surface area contributed by atoms with Crippen LogP contribution in [0.1, 0.15) is 22.3 Å². The molecule has 4 aromatic carbocycles. The lowest BCUT2D eigenvalue weighted by Gasteiger charge is -2.16. The smallest absolute Gasteiger partial charge is 0.289 e. The Hall–Kier alpha value is -6.41. The molecule has 9 nitrogen and oxygen atoms in total. The molecule has 280 valence electrons. The third-order valence-electron chi connectivity index (χ3n) is 7.53. The number of hydrogen-bond donors (Lipinski definition) is 2. The molecule has 6 rings (SSSR count). The second-order valence-electron chi connectivity index (χ2n) is 11.2. The number of aromatic nitrogens is 6. The number of nitrogens with one attached hydrogen (secondary N) is 2. The van der Waals surface area contributed by atoms with Gasteiger partial charge in [0.05, 0.1) is 33.6 Å². The van der Waals surface area contributed by atoms with Gasteiger partial charge in [-0.2, -0.15) is 52.7 Å². The quantitative estimate of drug-likeness (QED) is 0.164. The zero-order chi connectivity index (χ0) is 39.2. The van der Waals surface area contributed by atoms with E-state index in [1.165, 1.54) is 48.5 Å². The summed E-state index contributed by atoms with van der Waals surface area (Å²) in [6.45, 7) is 0. The Labute approximate surface area is 293 Å². The van der Waals surface area contributed by atoms with Gasteiger partial charge in [-0.25, -0.2) is 14.2 Å². The average molecular weight is 771 g/mol. The van der Waals surface area contributed by atoms with E-state index in [2.05, 4.69) is 31.3 Å². The van der Waals surface area contributed by atoms with Gasteiger partial charge in [-0.15, -0.1) is 10.2 Å². The van der Waals surface area contributed by atoms with Crippen LogP contribution in [-0.4, -0.2) is 36.0 Å². The summed E-state index contributed by atoms with van der Waals surface area (Å²) >= 11 is 0. The van der Waals surface area contributed by atoms with Gasteiger partial charge in [0.1, 0.15) is 11.4 Å². The Balaban J connectivity index is 1.43. The standard InChI is InChI=1S/C33H18F12N8O/c34-30(35,36)19-11-20(31(37,38)39)14-23(13-19)52-25(17-7-3-1-4-8-17)27(48-50-52)46-29(54)47-28-26(18-9-5-2-6-10-18)53(51-49-28)24-15-21(32(40,41)42)12-22(16-24)33(43,44)45/h1-16H,(H2,46,47,54). The molecule has 0 aliphatic heterocycles. The van der Waals surface area contributed by atoms with Gasteiger partial charge >= 0.3 is 30.7 Å². The first kappa shape index (κ1) is 37.4. The Morgan fingerprint density at radius 1 is 0.463 bits per heavy atom. The maximum atomic E-state index is 13.7. The van der Waals surface area contributed by atoms with Crippen LogP contribution in [0.25, 0.3) is 33.9 Å². The molecule has 0 saturated heterocycles. The first-order chi connectivity index (χ1) is 25.2. The normalized spacial score (nSPS) is 12.5. The molecule has 54 heavy (non-hydrogen) atoms. The minimum Gasteiger partial charge on any atom is -0.289 e. The number of halogens is 12. The molecule has 0 atom stereocenters. The van der Waals surface area contributed by atoms with Crippen molar-refractivity contribution in [3.05, 3.63) is 119 Å². The summed E-state index contributed by atoms with van der Waals surface area (Å²) in [4.78, 5) is 13.4. The van der Waals surface area contributed by atoms with Crippen LogP contribution in [0.15, 0.2) is 97.1 Å². The topological polar surface area (TPSA) is 103 Å². The van der Waals surface area contributed by atoms with Crippen molar-refractivity contribution in [2.75, 3.05) is 10.6 Å². The second kappa shape index (κ2) is 13.5. The predicted molar refractivity (Wildman–Crippen MR) is 166 cm³/mol. The number of anilines is 2. The molecule has 2 amide bonds. The molecule has 0 fully saturated rings. The Morgan fingerprint density at radius 3 is 1.04 bits per heavy atom. The Kier molecular flexibility index (Phi) is 9.36. The summed E-state index contributed by atoms with van der Waals surface area (Å²) in [5, 5.41) is 19.4. The van der Waals surface area contributed by atoms with E-state index < -0.39 is 76.0 Å². The van der Waals surface area contributed by atoms with Crippen molar-refractivity contribution in [3.8, 4) is 33.9 Å². The van der Waals surface area contributed by atoms with Crippen LogP contribution < -0.4 is 10.6 Å². The minimum absolute atomic E-state index is 0.0873. The zero-order valence-corrected chi connectivity index (χ0v) is 26.4. The lowest BCUT2D eigenvalue weighted by molar-refractivity contribution is -0.144. The van der Waals surface area contributed by atoms with Crippen molar-refractivity contribution in [1.82, 2.24) is 30.0 Å². The van der Waals surface area contributed by atoms with E-state index in [0.29, 0.717) is 33.6 Å². The number of carbonyl (C=O) groups excluding carboxylic acids is 1. The van der Waals surface area contributed by atoms with E-state index in [4.69, 9.17) is 0 Å². The van der Waals surface area contributed by atoms with Crippen LogP contribution in [0.5, 0.6) is 0 Å². The van der Waals surface area contributed by atoms with E-state index in [9.17, 15) is 57.5 Å². The molecular formula is C33H18F12N8O. The first-order valence-corrected chi connectivity index (χ1v) is 14.9. The molecule has 0 saturated carbocycles. The van der Waals surface area contributed by atoms with Gasteiger partial charge in [-0.05, 0) is 36.4 Å². The van der Waals surface area contributed by atoms with Gasteiger partial charge in [0.25, 0.3) is 0 Å². The summed E-state index contributed by atoms with van der Waals surface area (Å²) in [7, 11) is 0. The molecule has 2 aromatic heterocycles. The third kappa shape index (κ3) is 7.83. The van der Waals surface area contributed by atoms with Crippen LogP contribution >= 0.6 is 0 Å². The lowest BCUT2D eigenvalue weighted by atomic mass is 10.1. The van der Waals surface area contributed by atoms with Crippen LogP contribution in [0.2, 0.25) is 0 Å². The van der Waals surface area contributed by atoms with Crippen LogP contribution in [0.3, 0.4) is 0 Å². The van der Waals surface area contributed by atoms with Crippen molar-refractivity contribution in [3.63, 3.8) is 0 Å². The molecule has 0 radical (unpaired) electrons. The predicted octanol–water partition coefficient (Wildman–Crippen LogP) is 9.90. The largest absolute Gasteiger partial charge is 0.416 e. The number of nitrogens with zero attached hydrogens (tertiary/aromatic N) is 6. The molecule has 21 heteroatoms. The van der Waals surface area contributed by atoms with E-state index in [-0.39, 0.29) is 34.6 Å². The highest BCUT2D eigenvalue weighted by atomic mass is 19.4. The monoisotopic (exact) mass is 770 g/mol. The zero-order valence-electron chi connectivity index (χ0n) is 26.4. The number of amides is 2. The maximum absolute atomic E-state index is 13.7. The highest BCUT2D eigenvalue weighted by molar-refractivity contribution is 6.02. The summed E-state index contributed by atoms with van der Waals surface area (Å²) in [5.74, 6) is -0.989. The average Bonchev–Trinajstić information content (AvgIpc) is 3.71. The van der Waals surface area contributed by atoms with Gasteiger partial charge in [0.2, 0.25) is 0 Å². The van der Waals surface area contributed by atoms with Crippen molar-refractivity contribution >= 4 is 17.7 Å². The number of benzene rings is 4. The molecule has 0 spiro atoms. The fourth-order valence-electron chi connectivity index (χ4n) is 5.17. The maximum Gasteiger partial charge on any atom is 0.416 e. The van der Waals surface area contributed by atoms with Gasteiger partial charge in [-0.1, -0.05) is 71.1 Å². The molecule has 0 bridgehead atoms. The number of rotatable bonds is 6. The van der Waals surface area contributed by atoms with Crippen molar-refractivity contribution in [1.29, 1.82) is 0 Å². The molecule has 0 unspecified atom stereocenters. The van der Waals surface area contributed by atoms with Gasteiger partial charge in [-0.3, -0.25) is 10.6 Å². The number of urea groups is 1. The number of alkyl halides is 12. The number of carbonyl (C=O) groups is 1. The molecule has 6 aromatic rings. The molecule has 2 N–H and O–H groups in total. The third-order valence-corrected chi connectivity index (χ3v) is 7.53.